The Morgan fingerprint density at radius 3 is 2.12 bits per heavy atom. The highest BCUT2D eigenvalue weighted by Gasteiger charge is 2.20. The van der Waals surface area contributed by atoms with Gasteiger partial charge in [-0.2, -0.15) is 0 Å². The van der Waals surface area contributed by atoms with Crippen molar-refractivity contribution in [2.24, 2.45) is 0 Å². The second kappa shape index (κ2) is 7.61. The van der Waals surface area contributed by atoms with Crippen molar-refractivity contribution < 1.29 is 9.72 Å². The maximum atomic E-state index is 12.4. The third kappa shape index (κ3) is 3.78. The molecule has 5 heteroatoms. The molecule has 0 heterocycles. The normalized spacial score (nSPS) is 11.6. The molecule has 1 atom stereocenters. The van der Waals surface area contributed by atoms with Crippen molar-refractivity contribution in [3.05, 3.63) is 100 Å². The maximum Gasteiger partial charge on any atom is 0.282 e. The standard InChI is InChI=1S/C21H18N2O3/c1-15(22-21(24)19-9-5-6-10-20(19)23(25)26)16-11-13-18(14-12-16)17-7-3-2-4-8-17/h2-15H,1H3,(H,22,24)/t15-/m0/s1. The average Bonchev–Trinajstić information content (AvgIpc) is 2.68. The minimum Gasteiger partial charge on any atom is -0.345 e. The number of benzene rings is 3. The SMILES string of the molecule is C[C@H](NC(=O)c1ccccc1[N+](=O)[O-])c1ccc(-c2ccccc2)cc1. The van der Waals surface area contributed by atoms with Gasteiger partial charge in [-0.25, -0.2) is 0 Å². The van der Waals surface area contributed by atoms with Crippen molar-refractivity contribution in [1.29, 1.82) is 0 Å². The molecule has 0 aliphatic rings. The molecule has 130 valence electrons. The number of nitrogens with zero attached hydrogens (tertiary/aromatic N) is 1. The van der Waals surface area contributed by atoms with E-state index in [1.54, 1.807) is 12.1 Å². The molecule has 0 unspecified atom stereocenters. The molecule has 0 fully saturated rings. The van der Waals surface area contributed by atoms with Gasteiger partial charge in [0.2, 0.25) is 0 Å². The lowest BCUT2D eigenvalue weighted by molar-refractivity contribution is -0.385. The van der Waals surface area contributed by atoms with Gasteiger partial charge in [-0.15, -0.1) is 0 Å². The van der Waals surface area contributed by atoms with Gasteiger partial charge in [0.15, 0.2) is 0 Å². The van der Waals surface area contributed by atoms with E-state index in [0.29, 0.717) is 0 Å². The van der Waals surface area contributed by atoms with E-state index in [9.17, 15) is 14.9 Å². The Balaban J connectivity index is 1.75. The smallest absolute Gasteiger partial charge is 0.282 e. The minimum absolute atomic E-state index is 0.0604. The van der Waals surface area contributed by atoms with Gasteiger partial charge in [-0.3, -0.25) is 14.9 Å². The molecule has 0 aliphatic carbocycles. The number of nitro groups is 1. The molecular formula is C21H18N2O3. The molecule has 0 saturated carbocycles. The summed E-state index contributed by atoms with van der Waals surface area (Å²) in [6.45, 7) is 1.85. The topological polar surface area (TPSA) is 72.2 Å². The largest absolute Gasteiger partial charge is 0.345 e. The Kier molecular flexibility index (Phi) is 5.08. The molecule has 3 aromatic carbocycles. The van der Waals surface area contributed by atoms with Crippen LogP contribution < -0.4 is 5.32 Å². The van der Waals surface area contributed by atoms with E-state index in [1.807, 2.05) is 61.5 Å². The van der Waals surface area contributed by atoms with E-state index in [-0.39, 0.29) is 17.3 Å². The van der Waals surface area contributed by atoms with Gasteiger partial charge in [0.1, 0.15) is 5.56 Å². The molecule has 0 radical (unpaired) electrons. The monoisotopic (exact) mass is 346 g/mol. The van der Waals surface area contributed by atoms with Crippen LogP contribution in [0.4, 0.5) is 5.69 Å². The number of rotatable bonds is 5. The lowest BCUT2D eigenvalue weighted by Gasteiger charge is -2.15. The van der Waals surface area contributed by atoms with E-state index in [1.165, 1.54) is 12.1 Å². The Morgan fingerprint density at radius 2 is 1.46 bits per heavy atom. The fourth-order valence-corrected chi connectivity index (χ4v) is 2.78. The summed E-state index contributed by atoms with van der Waals surface area (Å²) in [7, 11) is 0. The van der Waals surface area contributed by atoms with Gasteiger partial charge >= 0.3 is 0 Å². The fraction of sp³-hybridized carbons (Fsp3) is 0.0952. The number of para-hydroxylation sites is 1. The Bertz CT molecular complexity index is 922. The van der Waals surface area contributed by atoms with E-state index >= 15 is 0 Å². The van der Waals surface area contributed by atoms with Crippen LogP contribution in [0.25, 0.3) is 11.1 Å². The number of hydrogen-bond donors (Lipinski definition) is 1. The molecule has 3 aromatic rings. The van der Waals surface area contributed by atoms with Gasteiger partial charge < -0.3 is 5.32 Å². The summed E-state index contributed by atoms with van der Waals surface area (Å²) in [6.07, 6.45) is 0. The van der Waals surface area contributed by atoms with E-state index < -0.39 is 10.8 Å². The Morgan fingerprint density at radius 1 is 0.885 bits per heavy atom. The lowest BCUT2D eigenvalue weighted by atomic mass is 10.0. The van der Waals surface area contributed by atoms with Gasteiger partial charge in [0.05, 0.1) is 11.0 Å². The van der Waals surface area contributed by atoms with Crippen molar-refractivity contribution in [3.63, 3.8) is 0 Å². The minimum atomic E-state index is -0.547. The number of nitrogens with one attached hydrogen (secondary N) is 1. The maximum absolute atomic E-state index is 12.4. The quantitative estimate of drug-likeness (QED) is 0.535. The molecule has 0 aliphatic heterocycles. The number of carbonyl (C=O) groups is 1. The average molecular weight is 346 g/mol. The van der Waals surface area contributed by atoms with Crippen LogP contribution in [0.3, 0.4) is 0 Å². The van der Waals surface area contributed by atoms with Crippen LogP contribution in [0.5, 0.6) is 0 Å². The molecular weight excluding hydrogens is 328 g/mol. The summed E-state index contributed by atoms with van der Waals surface area (Å²) in [5.74, 6) is -0.461. The Hall–Kier alpha value is -3.47. The van der Waals surface area contributed by atoms with Gasteiger partial charge in [-0.05, 0) is 29.7 Å². The van der Waals surface area contributed by atoms with E-state index in [4.69, 9.17) is 0 Å². The zero-order chi connectivity index (χ0) is 18.5. The highest BCUT2D eigenvalue weighted by molar-refractivity contribution is 5.98. The summed E-state index contributed by atoms with van der Waals surface area (Å²) >= 11 is 0. The Labute approximate surface area is 151 Å². The lowest BCUT2D eigenvalue weighted by Crippen LogP contribution is -2.27. The molecule has 0 bridgehead atoms. The summed E-state index contributed by atoms with van der Waals surface area (Å²) in [5, 5.41) is 13.9. The first kappa shape index (κ1) is 17.4. The first-order valence-electron chi connectivity index (χ1n) is 8.26. The number of amides is 1. The molecule has 1 amide bonds. The third-order valence-electron chi connectivity index (χ3n) is 4.21. The number of hydrogen-bond acceptors (Lipinski definition) is 3. The molecule has 0 spiro atoms. The summed E-state index contributed by atoms with van der Waals surface area (Å²) in [5.41, 5.74) is 3.00. The molecule has 26 heavy (non-hydrogen) atoms. The summed E-state index contributed by atoms with van der Waals surface area (Å²) in [6, 6.07) is 23.6. The van der Waals surface area contributed by atoms with Crippen molar-refractivity contribution in [1.82, 2.24) is 5.32 Å². The summed E-state index contributed by atoms with van der Waals surface area (Å²) < 4.78 is 0. The third-order valence-corrected chi connectivity index (χ3v) is 4.21. The molecule has 0 saturated heterocycles. The zero-order valence-corrected chi connectivity index (χ0v) is 14.3. The number of nitro benzene ring substituents is 1. The zero-order valence-electron chi connectivity index (χ0n) is 14.3. The van der Waals surface area contributed by atoms with E-state index in [2.05, 4.69) is 5.32 Å². The van der Waals surface area contributed by atoms with Gasteiger partial charge in [-0.1, -0.05) is 66.7 Å². The number of carbonyl (C=O) groups excluding carboxylic acids is 1. The van der Waals surface area contributed by atoms with Gasteiger partial charge in [0, 0.05) is 6.07 Å². The van der Waals surface area contributed by atoms with Crippen molar-refractivity contribution in [2.75, 3.05) is 0 Å². The van der Waals surface area contributed by atoms with Crippen LogP contribution in [0.1, 0.15) is 28.9 Å². The van der Waals surface area contributed by atoms with Gasteiger partial charge in [0.25, 0.3) is 11.6 Å². The van der Waals surface area contributed by atoms with Crippen LogP contribution in [0.2, 0.25) is 0 Å². The van der Waals surface area contributed by atoms with Crippen molar-refractivity contribution >= 4 is 11.6 Å². The second-order valence-electron chi connectivity index (χ2n) is 5.96. The first-order chi connectivity index (χ1) is 12.6. The first-order valence-corrected chi connectivity index (χ1v) is 8.26. The van der Waals surface area contributed by atoms with E-state index in [0.717, 1.165) is 16.7 Å². The molecule has 0 aromatic heterocycles. The highest BCUT2D eigenvalue weighted by Crippen LogP contribution is 2.23. The van der Waals surface area contributed by atoms with Crippen LogP contribution in [0, 0.1) is 10.1 Å². The van der Waals surface area contributed by atoms with Crippen molar-refractivity contribution in [3.8, 4) is 11.1 Å². The van der Waals surface area contributed by atoms with Crippen LogP contribution >= 0.6 is 0 Å². The van der Waals surface area contributed by atoms with Crippen LogP contribution in [-0.4, -0.2) is 10.8 Å². The fourth-order valence-electron chi connectivity index (χ4n) is 2.78. The summed E-state index contributed by atoms with van der Waals surface area (Å²) in [4.78, 5) is 23.0. The second-order valence-corrected chi connectivity index (χ2v) is 5.96. The highest BCUT2D eigenvalue weighted by atomic mass is 16.6. The molecule has 5 nitrogen and oxygen atoms in total. The predicted octanol–water partition coefficient (Wildman–Crippen LogP) is 4.75. The van der Waals surface area contributed by atoms with Crippen LogP contribution in [0.15, 0.2) is 78.9 Å². The van der Waals surface area contributed by atoms with Crippen LogP contribution in [-0.2, 0) is 0 Å². The molecule has 1 N–H and O–H groups in total. The van der Waals surface area contributed by atoms with Crippen molar-refractivity contribution in [2.45, 2.75) is 13.0 Å². The predicted molar refractivity (Wildman–Crippen MR) is 101 cm³/mol. The molecule has 3 rings (SSSR count).